The minimum absolute atomic E-state index is 0.342. The fraction of sp³-hybridized carbons (Fsp3) is 0.200. The van der Waals surface area contributed by atoms with Gasteiger partial charge >= 0.3 is 0 Å². The molecule has 1 aromatic carbocycles. The molecule has 6 nitrogen and oxygen atoms in total. The Morgan fingerprint density at radius 1 is 1.19 bits per heavy atom. The standard InChI is InChI=1S/C20H21N5O/c1-14(2)11-15-3-5-17(6-4-15)18-12-19(24-23-18)20(26)25-22-13-16-7-9-21-10-8-16/h3-10,12-14H,11H2,1-2H3,(H,23,24)(H,25,26). The van der Waals surface area contributed by atoms with Gasteiger partial charge in [-0.2, -0.15) is 10.2 Å². The number of hydrogen-bond acceptors (Lipinski definition) is 4. The summed E-state index contributed by atoms with van der Waals surface area (Å²) in [7, 11) is 0. The van der Waals surface area contributed by atoms with Gasteiger partial charge < -0.3 is 0 Å². The summed E-state index contributed by atoms with van der Waals surface area (Å²) in [6, 6.07) is 13.6. The van der Waals surface area contributed by atoms with E-state index in [-0.39, 0.29) is 5.91 Å². The molecular weight excluding hydrogens is 326 g/mol. The molecule has 0 aliphatic heterocycles. The van der Waals surface area contributed by atoms with Crippen LogP contribution in [0, 0.1) is 5.92 Å². The van der Waals surface area contributed by atoms with E-state index in [1.807, 2.05) is 12.1 Å². The lowest BCUT2D eigenvalue weighted by Gasteiger charge is -2.05. The maximum absolute atomic E-state index is 12.1. The van der Waals surface area contributed by atoms with Crippen molar-refractivity contribution in [3.05, 3.63) is 71.7 Å². The predicted octanol–water partition coefficient (Wildman–Crippen LogP) is 3.43. The highest BCUT2D eigenvalue weighted by atomic mass is 16.2. The third-order valence-corrected chi connectivity index (χ3v) is 3.80. The Labute approximate surface area is 152 Å². The van der Waals surface area contributed by atoms with Crippen molar-refractivity contribution in [2.75, 3.05) is 0 Å². The first-order valence-corrected chi connectivity index (χ1v) is 8.50. The van der Waals surface area contributed by atoms with Crippen molar-refractivity contribution < 1.29 is 4.79 Å². The van der Waals surface area contributed by atoms with Gasteiger partial charge in [0.05, 0.1) is 11.9 Å². The second-order valence-corrected chi connectivity index (χ2v) is 6.44. The lowest BCUT2D eigenvalue weighted by molar-refractivity contribution is 0.0950. The zero-order chi connectivity index (χ0) is 18.4. The molecule has 0 saturated heterocycles. The van der Waals surface area contributed by atoms with Crippen molar-refractivity contribution in [2.45, 2.75) is 20.3 Å². The monoisotopic (exact) mass is 347 g/mol. The summed E-state index contributed by atoms with van der Waals surface area (Å²) < 4.78 is 0. The Morgan fingerprint density at radius 2 is 1.92 bits per heavy atom. The quantitative estimate of drug-likeness (QED) is 0.529. The van der Waals surface area contributed by atoms with Crippen LogP contribution in [0.4, 0.5) is 0 Å². The number of nitrogens with one attached hydrogen (secondary N) is 2. The highest BCUT2D eigenvalue weighted by Crippen LogP contribution is 2.19. The van der Waals surface area contributed by atoms with E-state index in [2.05, 4.69) is 51.7 Å². The minimum atomic E-state index is -0.342. The number of rotatable bonds is 6. The summed E-state index contributed by atoms with van der Waals surface area (Å²) in [5.41, 5.74) is 6.68. The third-order valence-electron chi connectivity index (χ3n) is 3.80. The number of carbonyl (C=O) groups is 1. The SMILES string of the molecule is CC(C)Cc1ccc(-c2cc(C(=O)NN=Cc3ccncc3)[nH]n2)cc1. The van der Waals surface area contributed by atoms with Gasteiger partial charge in [-0.25, -0.2) is 5.43 Å². The first-order chi connectivity index (χ1) is 12.6. The number of amides is 1. The molecule has 132 valence electrons. The molecule has 0 unspecified atom stereocenters. The maximum atomic E-state index is 12.1. The highest BCUT2D eigenvalue weighted by molar-refractivity contribution is 5.94. The van der Waals surface area contributed by atoms with Crippen LogP contribution >= 0.6 is 0 Å². The molecule has 3 aromatic rings. The topological polar surface area (TPSA) is 83.0 Å². The van der Waals surface area contributed by atoms with E-state index in [0.717, 1.165) is 23.2 Å². The average molecular weight is 347 g/mol. The molecule has 0 radical (unpaired) electrons. The molecule has 0 aliphatic carbocycles. The lowest BCUT2D eigenvalue weighted by Crippen LogP contribution is -2.17. The second-order valence-electron chi connectivity index (χ2n) is 6.44. The summed E-state index contributed by atoms with van der Waals surface area (Å²) in [5, 5.41) is 10.9. The van der Waals surface area contributed by atoms with Crippen LogP contribution in [0.25, 0.3) is 11.3 Å². The first-order valence-electron chi connectivity index (χ1n) is 8.50. The fourth-order valence-corrected chi connectivity index (χ4v) is 2.54. The molecule has 0 saturated carbocycles. The van der Waals surface area contributed by atoms with Gasteiger partial charge in [0.15, 0.2) is 0 Å². The van der Waals surface area contributed by atoms with Crippen LogP contribution < -0.4 is 5.43 Å². The van der Waals surface area contributed by atoms with Gasteiger partial charge in [-0.05, 0) is 41.7 Å². The van der Waals surface area contributed by atoms with Crippen molar-refractivity contribution in [1.82, 2.24) is 20.6 Å². The maximum Gasteiger partial charge on any atom is 0.289 e. The molecular formula is C20H21N5O. The number of hydrazone groups is 1. The van der Waals surface area contributed by atoms with E-state index >= 15 is 0 Å². The van der Waals surface area contributed by atoms with Crippen molar-refractivity contribution in [2.24, 2.45) is 11.0 Å². The Hall–Kier alpha value is -3.28. The zero-order valence-corrected chi connectivity index (χ0v) is 14.8. The van der Waals surface area contributed by atoms with Crippen molar-refractivity contribution in [3.63, 3.8) is 0 Å². The molecule has 0 aliphatic rings. The summed E-state index contributed by atoms with van der Waals surface area (Å²) in [5.74, 6) is 0.278. The number of hydrogen-bond donors (Lipinski definition) is 2. The molecule has 0 spiro atoms. The van der Waals surface area contributed by atoms with Crippen LogP contribution in [0.2, 0.25) is 0 Å². The molecule has 3 rings (SSSR count). The first kappa shape index (κ1) is 17.5. The van der Waals surface area contributed by atoms with E-state index in [1.165, 1.54) is 5.56 Å². The van der Waals surface area contributed by atoms with E-state index in [9.17, 15) is 4.79 Å². The van der Waals surface area contributed by atoms with E-state index < -0.39 is 0 Å². The van der Waals surface area contributed by atoms with Crippen LogP contribution in [-0.4, -0.2) is 27.3 Å². The van der Waals surface area contributed by atoms with Gasteiger partial charge in [0.2, 0.25) is 0 Å². The molecule has 0 atom stereocenters. The van der Waals surface area contributed by atoms with Crippen LogP contribution in [0.15, 0.2) is 60.0 Å². The summed E-state index contributed by atoms with van der Waals surface area (Å²) in [6.07, 6.45) is 5.93. The van der Waals surface area contributed by atoms with Gasteiger partial charge in [0, 0.05) is 18.0 Å². The molecule has 2 aromatic heterocycles. The molecule has 6 heteroatoms. The van der Waals surface area contributed by atoms with Crippen LogP contribution in [-0.2, 0) is 6.42 Å². The van der Waals surface area contributed by atoms with E-state index in [4.69, 9.17) is 0 Å². The number of aromatic nitrogens is 3. The summed E-state index contributed by atoms with van der Waals surface area (Å²) in [6.45, 7) is 4.40. The predicted molar refractivity (Wildman–Crippen MR) is 102 cm³/mol. The Kier molecular flexibility index (Phi) is 5.53. The lowest BCUT2D eigenvalue weighted by atomic mass is 10.0. The second kappa shape index (κ2) is 8.20. The zero-order valence-electron chi connectivity index (χ0n) is 14.8. The van der Waals surface area contributed by atoms with Gasteiger partial charge in [0.1, 0.15) is 5.69 Å². The Balaban J connectivity index is 1.63. The largest absolute Gasteiger partial charge is 0.289 e. The summed E-state index contributed by atoms with van der Waals surface area (Å²) in [4.78, 5) is 16.1. The van der Waals surface area contributed by atoms with Crippen LogP contribution in [0.1, 0.15) is 35.5 Å². The minimum Gasteiger partial charge on any atom is -0.272 e. The summed E-state index contributed by atoms with van der Waals surface area (Å²) >= 11 is 0. The van der Waals surface area contributed by atoms with Crippen molar-refractivity contribution in [1.29, 1.82) is 0 Å². The van der Waals surface area contributed by atoms with Crippen LogP contribution in [0.3, 0.4) is 0 Å². The molecule has 0 bridgehead atoms. The normalized spacial score (nSPS) is 11.2. The van der Waals surface area contributed by atoms with Gasteiger partial charge in [-0.1, -0.05) is 38.1 Å². The van der Waals surface area contributed by atoms with E-state index in [1.54, 1.807) is 36.8 Å². The number of aromatic amines is 1. The average Bonchev–Trinajstić information content (AvgIpc) is 3.13. The molecule has 1 amide bonds. The van der Waals surface area contributed by atoms with Gasteiger partial charge in [-0.3, -0.25) is 14.9 Å². The molecule has 0 fully saturated rings. The van der Waals surface area contributed by atoms with Crippen molar-refractivity contribution in [3.8, 4) is 11.3 Å². The van der Waals surface area contributed by atoms with E-state index in [0.29, 0.717) is 11.6 Å². The number of benzene rings is 1. The number of pyridine rings is 1. The highest BCUT2D eigenvalue weighted by Gasteiger charge is 2.10. The number of carbonyl (C=O) groups excluding carboxylic acids is 1. The van der Waals surface area contributed by atoms with Crippen molar-refractivity contribution >= 4 is 12.1 Å². The van der Waals surface area contributed by atoms with Gasteiger partial charge in [0.25, 0.3) is 5.91 Å². The molecule has 26 heavy (non-hydrogen) atoms. The molecule has 2 N–H and O–H groups in total. The Morgan fingerprint density at radius 3 is 2.62 bits per heavy atom. The third kappa shape index (κ3) is 4.63. The fourth-order valence-electron chi connectivity index (χ4n) is 2.54. The Bertz CT molecular complexity index is 882. The number of nitrogens with zero attached hydrogens (tertiary/aromatic N) is 3. The smallest absolute Gasteiger partial charge is 0.272 e. The van der Waals surface area contributed by atoms with Crippen LogP contribution in [0.5, 0.6) is 0 Å². The molecule has 2 heterocycles. The number of H-pyrrole nitrogens is 1. The van der Waals surface area contributed by atoms with Gasteiger partial charge in [-0.15, -0.1) is 0 Å².